The van der Waals surface area contributed by atoms with E-state index >= 15 is 0 Å². The zero-order chi connectivity index (χ0) is 12.8. The molecule has 0 aliphatic carbocycles. The third-order valence-electron chi connectivity index (χ3n) is 3.50. The summed E-state index contributed by atoms with van der Waals surface area (Å²) in [5.41, 5.74) is 0. The topological polar surface area (TPSA) is 44.4 Å². The molecule has 0 spiro atoms. The summed E-state index contributed by atoms with van der Waals surface area (Å²) < 4.78 is 0. The van der Waals surface area contributed by atoms with Crippen molar-refractivity contribution in [1.29, 1.82) is 0 Å². The van der Waals surface area contributed by atoms with E-state index in [9.17, 15) is 4.79 Å². The summed E-state index contributed by atoms with van der Waals surface area (Å²) in [5.74, 6) is 0.729. The molecule has 3 atom stereocenters. The molecule has 1 amide bonds. The van der Waals surface area contributed by atoms with Crippen molar-refractivity contribution < 1.29 is 4.79 Å². The van der Waals surface area contributed by atoms with Gasteiger partial charge in [0.25, 0.3) is 0 Å². The largest absolute Gasteiger partial charge is 0.353 e. The predicted molar refractivity (Wildman–Crippen MR) is 71.0 cm³/mol. The van der Waals surface area contributed by atoms with E-state index in [1.807, 2.05) is 0 Å². The number of hydrogen-bond acceptors (Lipinski definition) is 3. The van der Waals surface area contributed by atoms with Gasteiger partial charge in [-0.3, -0.25) is 4.79 Å². The van der Waals surface area contributed by atoms with Gasteiger partial charge in [-0.1, -0.05) is 13.8 Å². The minimum absolute atomic E-state index is 0.180. The van der Waals surface area contributed by atoms with Crippen molar-refractivity contribution >= 4 is 5.91 Å². The molecule has 0 aromatic rings. The van der Waals surface area contributed by atoms with Crippen LogP contribution in [0.5, 0.6) is 0 Å². The van der Waals surface area contributed by atoms with Gasteiger partial charge in [0.2, 0.25) is 5.91 Å². The van der Waals surface area contributed by atoms with Gasteiger partial charge in [-0.25, -0.2) is 0 Å². The quantitative estimate of drug-likeness (QED) is 0.749. The molecule has 1 fully saturated rings. The van der Waals surface area contributed by atoms with Crippen LogP contribution in [0.25, 0.3) is 0 Å². The van der Waals surface area contributed by atoms with E-state index in [2.05, 4.69) is 43.4 Å². The minimum Gasteiger partial charge on any atom is -0.353 e. The number of nitrogens with one attached hydrogen (secondary N) is 2. The first-order valence-corrected chi connectivity index (χ1v) is 6.74. The Morgan fingerprint density at radius 3 is 2.82 bits per heavy atom. The average molecular weight is 241 g/mol. The Kier molecular flexibility index (Phi) is 5.92. The van der Waals surface area contributed by atoms with Crippen LogP contribution >= 0.6 is 0 Å². The summed E-state index contributed by atoms with van der Waals surface area (Å²) in [6.07, 6.45) is 1.64. The van der Waals surface area contributed by atoms with Crippen LogP contribution in [0.3, 0.4) is 0 Å². The standard InChI is InChI=1S/C13H27N3O/c1-5-14-11(3)8-13(17)15-12-6-7-16(4)9-10(12)2/h10-12,14H,5-9H2,1-4H3,(H,15,17). The van der Waals surface area contributed by atoms with E-state index < -0.39 is 0 Å². The Labute approximate surface area is 105 Å². The number of hydrogen-bond donors (Lipinski definition) is 2. The van der Waals surface area contributed by atoms with Crippen LogP contribution in [0, 0.1) is 5.92 Å². The number of rotatable bonds is 5. The fraction of sp³-hybridized carbons (Fsp3) is 0.923. The molecule has 0 bridgehead atoms. The van der Waals surface area contributed by atoms with E-state index in [0.717, 1.165) is 26.1 Å². The highest BCUT2D eigenvalue weighted by molar-refractivity contribution is 5.76. The number of piperidine rings is 1. The van der Waals surface area contributed by atoms with Gasteiger partial charge in [0.05, 0.1) is 0 Å². The Hall–Kier alpha value is -0.610. The van der Waals surface area contributed by atoms with Crippen molar-refractivity contribution in [2.45, 2.75) is 45.7 Å². The van der Waals surface area contributed by atoms with Gasteiger partial charge in [0.15, 0.2) is 0 Å². The number of carbonyl (C=O) groups is 1. The van der Waals surface area contributed by atoms with Crippen LogP contribution < -0.4 is 10.6 Å². The molecular formula is C13H27N3O. The first-order chi connectivity index (χ1) is 8.02. The average Bonchev–Trinajstić information content (AvgIpc) is 2.22. The minimum atomic E-state index is 0.180. The molecular weight excluding hydrogens is 214 g/mol. The maximum absolute atomic E-state index is 11.9. The van der Waals surface area contributed by atoms with Crippen LogP contribution in [-0.2, 0) is 4.79 Å². The summed E-state index contributed by atoms with van der Waals surface area (Å²) in [6, 6.07) is 0.620. The molecule has 0 saturated carbocycles. The highest BCUT2D eigenvalue weighted by Gasteiger charge is 2.25. The predicted octanol–water partition coefficient (Wildman–Crippen LogP) is 0.831. The SMILES string of the molecule is CCNC(C)CC(=O)NC1CCN(C)CC1C. The van der Waals surface area contributed by atoms with Crippen LogP contribution in [0.4, 0.5) is 0 Å². The van der Waals surface area contributed by atoms with Crippen LogP contribution in [0.1, 0.15) is 33.6 Å². The number of carbonyl (C=O) groups excluding carboxylic acids is 1. The molecule has 1 rings (SSSR count). The van der Waals surface area contributed by atoms with E-state index in [1.165, 1.54) is 0 Å². The van der Waals surface area contributed by atoms with Crippen molar-refractivity contribution in [3.8, 4) is 0 Å². The maximum atomic E-state index is 11.9. The molecule has 100 valence electrons. The molecule has 0 aromatic heterocycles. The van der Waals surface area contributed by atoms with Gasteiger partial charge in [0.1, 0.15) is 0 Å². The first kappa shape index (κ1) is 14.5. The first-order valence-electron chi connectivity index (χ1n) is 6.74. The van der Waals surface area contributed by atoms with E-state index in [0.29, 0.717) is 18.4 Å². The van der Waals surface area contributed by atoms with Crippen molar-refractivity contribution in [3.05, 3.63) is 0 Å². The monoisotopic (exact) mass is 241 g/mol. The molecule has 1 aliphatic rings. The van der Waals surface area contributed by atoms with Gasteiger partial charge in [-0.05, 0) is 39.4 Å². The molecule has 1 heterocycles. The third kappa shape index (κ3) is 5.04. The Balaban J connectivity index is 2.30. The second-order valence-corrected chi connectivity index (χ2v) is 5.37. The van der Waals surface area contributed by atoms with E-state index in [4.69, 9.17) is 0 Å². The molecule has 4 heteroatoms. The molecule has 17 heavy (non-hydrogen) atoms. The third-order valence-corrected chi connectivity index (χ3v) is 3.50. The van der Waals surface area contributed by atoms with Crippen LogP contribution in [0.15, 0.2) is 0 Å². The van der Waals surface area contributed by atoms with E-state index in [1.54, 1.807) is 0 Å². The molecule has 4 nitrogen and oxygen atoms in total. The van der Waals surface area contributed by atoms with Crippen molar-refractivity contribution in [2.75, 3.05) is 26.7 Å². The lowest BCUT2D eigenvalue weighted by atomic mass is 9.94. The summed E-state index contributed by atoms with van der Waals surface area (Å²) in [4.78, 5) is 14.2. The second kappa shape index (κ2) is 6.97. The molecule has 0 aromatic carbocycles. The smallest absolute Gasteiger partial charge is 0.221 e. The number of likely N-dealkylation sites (tertiary alicyclic amines) is 1. The van der Waals surface area contributed by atoms with E-state index in [-0.39, 0.29) is 11.9 Å². The maximum Gasteiger partial charge on any atom is 0.221 e. The second-order valence-electron chi connectivity index (χ2n) is 5.37. The van der Waals surface area contributed by atoms with Crippen LogP contribution in [0.2, 0.25) is 0 Å². The zero-order valence-corrected chi connectivity index (χ0v) is 11.6. The van der Waals surface area contributed by atoms with Crippen LogP contribution in [-0.4, -0.2) is 49.6 Å². The molecule has 1 aliphatic heterocycles. The summed E-state index contributed by atoms with van der Waals surface area (Å²) in [6.45, 7) is 9.41. The highest BCUT2D eigenvalue weighted by atomic mass is 16.1. The lowest BCUT2D eigenvalue weighted by Crippen LogP contribution is -2.49. The van der Waals surface area contributed by atoms with Gasteiger partial charge >= 0.3 is 0 Å². The van der Waals surface area contributed by atoms with Gasteiger partial charge < -0.3 is 15.5 Å². The van der Waals surface area contributed by atoms with Crippen molar-refractivity contribution in [3.63, 3.8) is 0 Å². The zero-order valence-electron chi connectivity index (χ0n) is 11.6. The summed E-state index contributed by atoms with van der Waals surface area (Å²) in [7, 11) is 2.14. The lowest BCUT2D eigenvalue weighted by Gasteiger charge is -2.35. The highest BCUT2D eigenvalue weighted by Crippen LogP contribution is 2.15. The Morgan fingerprint density at radius 2 is 2.24 bits per heavy atom. The lowest BCUT2D eigenvalue weighted by molar-refractivity contribution is -0.122. The molecule has 1 saturated heterocycles. The van der Waals surface area contributed by atoms with Gasteiger partial charge in [-0.15, -0.1) is 0 Å². The van der Waals surface area contributed by atoms with Gasteiger partial charge in [0, 0.05) is 25.0 Å². The van der Waals surface area contributed by atoms with Gasteiger partial charge in [-0.2, -0.15) is 0 Å². The van der Waals surface area contributed by atoms with Crippen molar-refractivity contribution in [1.82, 2.24) is 15.5 Å². The normalized spacial score (nSPS) is 27.8. The molecule has 0 radical (unpaired) electrons. The fourth-order valence-corrected chi connectivity index (χ4v) is 2.53. The molecule has 2 N–H and O–H groups in total. The Morgan fingerprint density at radius 1 is 1.53 bits per heavy atom. The Bertz CT molecular complexity index is 245. The summed E-state index contributed by atoms with van der Waals surface area (Å²) in [5, 5.41) is 6.44. The fourth-order valence-electron chi connectivity index (χ4n) is 2.53. The molecule has 3 unspecified atom stereocenters. The number of amides is 1. The van der Waals surface area contributed by atoms with Crippen molar-refractivity contribution in [2.24, 2.45) is 5.92 Å². The number of nitrogens with zero attached hydrogens (tertiary/aromatic N) is 1. The summed E-state index contributed by atoms with van der Waals surface area (Å²) >= 11 is 0.